The van der Waals surface area contributed by atoms with Crippen molar-refractivity contribution < 1.29 is 19.2 Å². The number of nitrogens with one attached hydrogen (secondary N) is 2. The molecule has 0 aromatic heterocycles. The number of carbonyl (C=O) groups is 2. The van der Waals surface area contributed by atoms with Crippen LogP contribution in [0.5, 0.6) is 0 Å². The summed E-state index contributed by atoms with van der Waals surface area (Å²) in [4.78, 5) is 25.2. The van der Waals surface area contributed by atoms with Crippen molar-refractivity contribution in [3.8, 4) is 0 Å². The van der Waals surface area contributed by atoms with Crippen LogP contribution in [-0.4, -0.2) is 38.1 Å². The average Bonchev–Trinajstić information content (AvgIpc) is 2.50. The number of para-hydroxylation sites is 1. The molecule has 1 amide bonds. The number of rotatable bonds is 5. The Morgan fingerprint density at radius 1 is 1.41 bits per heavy atom. The summed E-state index contributed by atoms with van der Waals surface area (Å²) < 4.78 is 6.11. The molecule has 0 saturated carbocycles. The lowest BCUT2D eigenvalue weighted by atomic mass is 9.98. The van der Waals surface area contributed by atoms with E-state index in [0.29, 0.717) is 19.7 Å². The predicted octanol–water partition coefficient (Wildman–Crippen LogP) is 1.09. The number of amides is 1. The molecule has 0 spiro atoms. The second-order valence-electron chi connectivity index (χ2n) is 5.50. The van der Waals surface area contributed by atoms with Crippen molar-refractivity contribution in [3.05, 3.63) is 27.8 Å². The highest BCUT2D eigenvalue weighted by molar-refractivity contribution is 14.1. The zero-order valence-electron chi connectivity index (χ0n) is 12.7. The first kappa shape index (κ1) is 17.2. The van der Waals surface area contributed by atoms with E-state index in [1.807, 2.05) is 31.2 Å². The minimum atomic E-state index is -0.127. The van der Waals surface area contributed by atoms with Gasteiger partial charge < -0.3 is 15.0 Å². The molecule has 0 radical (unpaired) electrons. The number of halogens is 1. The van der Waals surface area contributed by atoms with Gasteiger partial charge in [0.2, 0.25) is 0 Å². The normalized spacial score (nSPS) is 21.2. The van der Waals surface area contributed by atoms with Crippen LogP contribution in [0.2, 0.25) is 0 Å². The van der Waals surface area contributed by atoms with Gasteiger partial charge in [-0.1, -0.05) is 12.1 Å². The number of ether oxygens (including phenoxy) is 1. The molecule has 2 atom stereocenters. The Balaban J connectivity index is 1.86. The molecular formula is C16H22IN2O3+. The number of benzene rings is 1. The lowest BCUT2D eigenvalue weighted by Crippen LogP contribution is -3.14. The lowest BCUT2D eigenvalue weighted by Gasteiger charge is -2.28. The molecule has 1 aliphatic heterocycles. The van der Waals surface area contributed by atoms with Gasteiger partial charge >= 0.3 is 5.97 Å². The van der Waals surface area contributed by atoms with E-state index in [1.54, 1.807) is 0 Å². The molecule has 6 heteroatoms. The second-order valence-corrected chi connectivity index (χ2v) is 6.66. The number of esters is 1. The highest BCUT2D eigenvalue weighted by Crippen LogP contribution is 2.16. The molecule has 1 aromatic rings. The van der Waals surface area contributed by atoms with Gasteiger partial charge in [-0.3, -0.25) is 9.59 Å². The third-order valence-corrected chi connectivity index (χ3v) is 4.74. The SMILES string of the molecule is CCOC(=O)[C@@H]1CCC[NH+](CC(=O)Nc2ccccc2I)C1. The Bertz CT molecular complexity index is 536. The summed E-state index contributed by atoms with van der Waals surface area (Å²) in [5.74, 6) is -0.213. The number of likely N-dealkylation sites (tertiary alicyclic amines) is 1. The molecule has 1 fully saturated rings. The van der Waals surface area contributed by atoms with E-state index in [1.165, 1.54) is 0 Å². The van der Waals surface area contributed by atoms with E-state index < -0.39 is 0 Å². The van der Waals surface area contributed by atoms with Crippen LogP contribution in [0.1, 0.15) is 19.8 Å². The molecule has 1 saturated heterocycles. The summed E-state index contributed by atoms with van der Waals surface area (Å²) in [6, 6.07) is 7.70. The van der Waals surface area contributed by atoms with Crippen LogP contribution in [0.25, 0.3) is 0 Å². The maximum atomic E-state index is 12.2. The summed E-state index contributed by atoms with van der Waals surface area (Å²) in [7, 11) is 0. The molecular weight excluding hydrogens is 395 g/mol. The van der Waals surface area contributed by atoms with Gasteiger partial charge in [0.15, 0.2) is 6.54 Å². The number of piperidine rings is 1. The highest BCUT2D eigenvalue weighted by atomic mass is 127. The van der Waals surface area contributed by atoms with E-state index in [0.717, 1.165) is 33.5 Å². The summed E-state index contributed by atoms with van der Waals surface area (Å²) in [5.41, 5.74) is 0.839. The largest absolute Gasteiger partial charge is 0.466 e. The maximum absolute atomic E-state index is 12.2. The van der Waals surface area contributed by atoms with E-state index >= 15 is 0 Å². The van der Waals surface area contributed by atoms with Gasteiger partial charge in [-0.05, 0) is 54.5 Å². The Morgan fingerprint density at radius 3 is 2.91 bits per heavy atom. The molecule has 1 aromatic carbocycles. The van der Waals surface area contributed by atoms with Crippen molar-refractivity contribution in [2.24, 2.45) is 5.92 Å². The Morgan fingerprint density at radius 2 is 2.18 bits per heavy atom. The van der Waals surface area contributed by atoms with Crippen molar-refractivity contribution in [2.45, 2.75) is 19.8 Å². The van der Waals surface area contributed by atoms with E-state index in [9.17, 15) is 9.59 Å². The fraction of sp³-hybridized carbons (Fsp3) is 0.500. The van der Waals surface area contributed by atoms with Crippen molar-refractivity contribution in [2.75, 3.05) is 31.6 Å². The fourth-order valence-electron chi connectivity index (χ4n) is 2.76. The second kappa shape index (κ2) is 8.47. The van der Waals surface area contributed by atoms with Crippen LogP contribution in [0.15, 0.2) is 24.3 Å². The van der Waals surface area contributed by atoms with Crippen LogP contribution in [-0.2, 0) is 14.3 Å². The van der Waals surface area contributed by atoms with Crippen LogP contribution in [0.3, 0.4) is 0 Å². The van der Waals surface area contributed by atoms with Crippen LogP contribution in [0.4, 0.5) is 5.69 Å². The maximum Gasteiger partial charge on any atom is 0.314 e. The van der Waals surface area contributed by atoms with E-state index in [2.05, 4.69) is 27.9 Å². The Labute approximate surface area is 144 Å². The summed E-state index contributed by atoms with van der Waals surface area (Å²) in [5, 5.41) is 2.94. The average molecular weight is 417 g/mol. The number of quaternary nitrogens is 1. The molecule has 1 unspecified atom stereocenters. The van der Waals surface area contributed by atoms with Gasteiger partial charge in [-0.15, -0.1) is 0 Å². The van der Waals surface area contributed by atoms with Crippen LogP contribution in [0, 0.1) is 9.49 Å². The number of hydrogen-bond donors (Lipinski definition) is 2. The minimum Gasteiger partial charge on any atom is -0.466 e. The molecule has 5 nitrogen and oxygen atoms in total. The van der Waals surface area contributed by atoms with Gasteiger partial charge in [-0.25, -0.2) is 0 Å². The zero-order chi connectivity index (χ0) is 15.9. The molecule has 0 bridgehead atoms. The van der Waals surface area contributed by atoms with E-state index in [4.69, 9.17) is 4.74 Å². The van der Waals surface area contributed by atoms with Crippen molar-refractivity contribution >= 4 is 40.2 Å². The number of hydrogen-bond acceptors (Lipinski definition) is 3. The minimum absolute atomic E-state index is 0.0105. The van der Waals surface area contributed by atoms with Crippen LogP contribution >= 0.6 is 22.6 Å². The molecule has 22 heavy (non-hydrogen) atoms. The summed E-state index contributed by atoms with van der Waals surface area (Å²) in [6.45, 7) is 4.23. The Kier molecular flexibility index (Phi) is 6.63. The summed E-state index contributed by atoms with van der Waals surface area (Å²) >= 11 is 2.20. The molecule has 0 aliphatic carbocycles. The van der Waals surface area contributed by atoms with E-state index in [-0.39, 0.29) is 17.8 Å². The van der Waals surface area contributed by atoms with Crippen molar-refractivity contribution in [1.82, 2.24) is 0 Å². The standard InChI is InChI=1S/C16H21IN2O3/c1-2-22-16(21)12-6-5-9-19(10-12)11-15(20)18-14-8-4-3-7-13(14)17/h3-4,7-8,12H,2,5-6,9-11H2,1H3,(H,18,20)/p+1/t12-/m1/s1. The smallest absolute Gasteiger partial charge is 0.314 e. The summed E-state index contributed by atoms with van der Waals surface area (Å²) in [6.07, 6.45) is 1.81. The first-order valence-corrected chi connectivity index (χ1v) is 8.72. The topological polar surface area (TPSA) is 59.8 Å². The molecule has 1 heterocycles. The number of carbonyl (C=O) groups excluding carboxylic acids is 2. The number of anilines is 1. The van der Waals surface area contributed by atoms with Gasteiger partial charge in [-0.2, -0.15) is 0 Å². The third-order valence-electron chi connectivity index (χ3n) is 3.80. The van der Waals surface area contributed by atoms with Crippen molar-refractivity contribution in [1.29, 1.82) is 0 Å². The van der Waals surface area contributed by atoms with Gasteiger partial charge in [0, 0.05) is 3.57 Å². The molecule has 2 rings (SSSR count). The zero-order valence-corrected chi connectivity index (χ0v) is 14.9. The quantitative estimate of drug-likeness (QED) is 0.557. The monoisotopic (exact) mass is 417 g/mol. The van der Waals surface area contributed by atoms with Crippen LogP contribution < -0.4 is 10.2 Å². The molecule has 1 aliphatic rings. The van der Waals surface area contributed by atoms with Gasteiger partial charge in [0.05, 0.1) is 25.4 Å². The highest BCUT2D eigenvalue weighted by Gasteiger charge is 2.30. The van der Waals surface area contributed by atoms with Gasteiger partial charge in [0.1, 0.15) is 5.92 Å². The fourth-order valence-corrected chi connectivity index (χ4v) is 3.28. The molecule has 120 valence electrons. The van der Waals surface area contributed by atoms with Gasteiger partial charge in [0.25, 0.3) is 5.91 Å². The first-order chi connectivity index (χ1) is 10.6. The first-order valence-electron chi connectivity index (χ1n) is 7.64. The third kappa shape index (κ3) is 4.95. The lowest BCUT2D eigenvalue weighted by molar-refractivity contribution is -0.899. The predicted molar refractivity (Wildman–Crippen MR) is 92.7 cm³/mol. The van der Waals surface area contributed by atoms with Crippen molar-refractivity contribution in [3.63, 3.8) is 0 Å². The Hall–Kier alpha value is -1.15. The molecule has 2 N–H and O–H groups in total.